The van der Waals surface area contributed by atoms with Crippen molar-refractivity contribution < 1.29 is 9.21 Å². The SMILES string of the molecule is Cc1ccccc1-c1nnc(-c2ccc(C(=O)N3CCN(C)CC3c3ccccc3)cc2)o1. The molecule has 6 nitrogen and oxygen atoms in total. The lowest BCUT2D eigenvalue weighted by Crippen LogP contribution is -2.49. The highest BCUT2D eigenvalue weighted by Crippen LogP contribution is 2.29. The molecule has 2 heterocycles. The van der Waals surface area contributed by atoms with Gasteiger partial charge in [0.05, 0.1) is 6.04 Å². The van der Waals surface area contributed by atoms with Crippen LogP contribution in [0.2, 0.25) is 0 Å². The monoisotopic (exact) mass is 438 g/mol. The number of hydrogen-bond acceptors (Lipinski definition) is 5. The molecule has 1 amide bonds. The van der Waals surface area contributed by atoms with E-state index in [1.54, 1.807) is 0 Å². The Labute approximate surface area is 193 Å². The zero-order valence-electron chi connectivity index (χ0n) is 18.8. The molecule has 0 saturated carbocycles. The van der Waals surface area contributed by atoms with Crippen molar-refractivity contribution in [3.05, 3.63) is 95.6 Å². The Morgan fingerprint density at radius 3 is 2.33 bits per heavy atom. The standard InChI is InChI=1S/C27H26N4O2/c1-19-8-6-7-11-23(19)26-29-28-25(33-26)21-12-14-22(15-13-21)27(32)31-17-16-30(2)18-24(31)20-9-4-3-5-10-20/h3-15,24H,16-18H2,1-2H3. The van der Waals surface area contributed by atoms with E-state index in [0.717, 1.165) is 35.3 Å². The third-order valence-electron chi connectivity index (χ3n) is 6.21. The number of nitrogens with zero attached hydrogens (tertiary/aromatic N) is 4. The van der Waals surface area contributed by atoms with Crippen LogP contribution in [-0.2, 0) is 0 Å². The molecule has 3 aromatic carbocycles. The third-order valence-corrected chi connectivity index (χ3v) is 6.21. The van der Waals surface area contributed by atoms with E-state index >= 15 is 0 Å². The van der Waals surface area contributed by atoms with Gasteiger partial charge in [0.25, 0.3) is 5.91 Å². The first-order chi connectivity index (χ1) is 16.1. The highest BCUT2D eigenvalue weighted by atomic mass is 16.4. The van der Waals surface area contributed by atoms with E-state index < -0.39 is 0 Å². The Hall–Kier alpha value is -3.77. The zero-order chi connectivity index (χ0) is 22.8. The first-order valence-electron chi connectivity index (χ1n) is 11.1. The van der Waals surface area contributed by atoms with E-state index in [-0.39, 0.29) is 11.9 Å². The molecular weight excluding hydrogens is 412 g/mol. The maximum absolute atomic E-state index is 13.4. The Bertz CT molecular complexity index is 1250. The molecule has 1 unspecified atom stereocenters. The summed E-state index contributed by atoms with van der Waals surface area (Å²) in [6.45, 7) is 4.38. The quantitative estimate of drug-likeness (QED) is 0.456. The van der Waals surface area contributed by atoms with Gasteiger partial charge in [0.1, 0.15) is 0 Å². The second kappa shape index (κ2) is 9.00. The van der Waals surface area contributed by atoms with Crippen molar-refractivity contribution >= 4 is 5.91 Å². The normalized spacial score (nSPS) is 16.7. The van der Waals surface area contributed by atoms with Crippen LogP contribution < -0.4 is 0 Å². The van der Waals surface area contributed by atoms with Crippen molar-refractivity contribution in [1.29, 1.82) is 0 Å². The molecule has 0 radical (unpaired) electrons. The average Bonchev–Trinajstić information content (AvgIpc) is 3.35. The molecule has 166 valence electrons. The number of hydrogen-bond donors (Lipinski definition) is 0. The van der Waals surface area contributed by atoms with Crippen LogP contribution in [-0.4, -0.2) is 52.6 Å². The predicted octanol–water partition coefficient (Wildman–Crippen LogP) is 4.84. The molecule has 1 saturated heterocycles. The molecule has 0 N–H and O–H groups in total. The lowest BCUT2D eigenvalue weighted by Gasteiger charge is -2.40. The van der Waals surface area contributed by atoms with Gasteiger partial charge >= 0.3 is 0 Å². The smallest absolute Gasteiger partial charge is 0.254 e. The summed E-state index contributed by atoms with van der Waals surface area (Å²) in [5.41, 5.74) is 4.60. The van der Waals surface area contributed by atoms with Crippen molar-refractivity contribution in [3.8, 4) is 22.9 Å². The Morgan fingerprint density at radius 1 is 0.879 bits per heavy atom. The molecule has 5 rings (SSSR count). The van der Waals surface area contributed by atoms with Crippen molar-refractivity contribution in [2.24, 2.45) is 0 Å². The lowest BCUT2D eigenvalue weighted by molar-refractivity contribution is 0.0498. The molecule has 1 aliphatic rings. The van der Waals surface area contributed by atoms with E-state index in [1.807, 2.05) is 78.6 Å². The predicted molar refractivity (Wildman–Crippen MR) is 128 cm³/mol. The molecule has 4 aromatic rings. The number of carbonyl (C=O) groups excluding carboxylic acids is 1. The van der Waals surface area contributed by atoms with Gasteiger partial charge in [-0.05, 0) is 55.4 Å². The van der Waals surface area contributed by atoms with Gasteiger partial charge in [-0.15, -0.1) is 10.2 Å². The lowest BCUT2D eigenvalue weighted by atomic mass is 10.0. The molecule has 1 aromatic heterocycles. The average molecular weight is 439 g/mol. The van der Waals surface area contributed by atoms with Crippen LogP contribution in [0.1, 0.15) is 27.5 Å². The first kappa shape index (κ1) is 21.1. The van der Waals surface area contributed by atoms with Crippen LogP contribution in [0.25, 0.3) is 22.9 Å². The number of carbonyl (C=O) groups is 1. The molecular formula is C27H26N4O2. The highest BCUT2D eigenvalue weighted by Gasteiger charge is 2.30. The summed E-state index contributed by atoms with van der Waals surface area (Å²) in [5, 5.41) is 8.42. The molecule has 0 spiro atoms. The van der Waals surface area contributed by atoms with Crippen molar-refractivity contribution in [3.63, 3.8) is 0 Å². The summed E-state index contributed by atoms with van der Waals surface area (Å²) in [5.74, 6) is 0.968. The largest absolute Gasteiger partial charge is 0.416 e. The second-order valence-electron chi connectivity index (χ2n) is 8.49. The van der Waals surface area contributed by atoms with E-state index in [9.17, 15) is 4.79 Å². The van der Waals surface area contributed by atoms with Crippen LogP contribution in [0.4, 0.5) is 0 Å². The van der Waals surface area contributed by atoms with Crippen molar-refractivity contribution in [2.45, 2.75) is 13.0 Å². The number of aromatic nitrogens is 2. The molecule has 0 aliphatic carbocycles. The van der Waals surface area contributed by atoms with Crippen molar-refractivity contribution in [1.82, 2.24) is 20.0 Å². The molecule has 33 heavy (non-hydrogen) atoms. The van der Waals surface area contributed by atoms with Crippen LogP contribution in [0.3, 0.4) is 0 Å². The van der Waals surface area contributed by atoms with Gasteiger partial charge in [-0.3, -0.25) is 4.79 Å². The summed E-state index contributed by atoms with van der Waals surface area (Å²) < 4.78 is 5.92. The fourth-order valence-electron chi connectivity index (χ4n) is 4.31. The number of rotatable bonds is 4. The van der Waals surface area contributed by atoms with Gasteiger partial charge in [0, 0.05) is 36.3 Å². The van der Waals surface area contributed by atoms with E-state index in [1.165, 1.54) is 0 Å². The third kappa shape index (κ3) is 4.30. The topological polar surface area (TPSA) is 62.5 Å². The number of aryl methyl sites for hydroxylation is 1. The Balaban J connectivity index is 1.37. The fourth-order valence-corrected chi connectivity index (χ4v) is 4.31. The minimum absolute atomic E-state index is 0.0322. The minimum Gasteiger partial charge on any atom is -0.416 e. The van der Waals surface area contributed by atoms with Crippen LogP contribution in [0.5, 0.6) is 0 Å². The van der Waals surface area contributed by atoms with E-state index in [4.69, 9.17) is 4.42 Å². The number of amides is 1. The van der Waals surface area contributed by atoms with Gasteiger partial charge in [0.2, 0.25) is 11.8 Å². The Morgan fingerprint density at radius 2 is 1.58 bits per heavy atom. The van der Waals surface area contributed by atoms with Crippen LogP contribution in [0.15, 0.2) is 83.3 Å². The molecule has 1 aliphatic heterocycles. The fraction of sp³-hybridized carbons (Fsp3) is 0.222. The van der Waals surface area contributed by atoms with Crippen molar-refractivity contribution in [2.75, 3.05) is 26.7 Å². The summed E-state index contributed by atoms with van der Waals surface area (Å²) >= 11 is 0. The summed E-state index contributed by atoms with van der Waals surface area (Å²) in [4.78, 5) is 17.7. The van der Waals surface area contributed by atoms with Gasteiger partial charge in [-0.1, -0.05) is 48.5 Å². The molecule has 1 atom stereocenters. The van der Waals surface area contributed by atoms with E-state index in [2.05, 4.69) is 34.3 Å². The number of benzene rings is 3. The maximum atomic E-state index is 13.4. The second-order valence-corrected chi connectivity index (χ2v) is 8.49. The highest BCUT2D eigenvalue weighted by molar-refractivity contribution is 5.95. The minimum atomic E-state index is 0.0322. The Kier molecular flexibility index (Phi) is 5.75. The summed E-state index contributed by atoms with van der Waals surface area (Å²) in [7, 11) is 2.10. The van der Waals surface area contributed by atoms with Gasteiger partial charge in [0.15, 0.2) is 0 Å². The van der Waals surface area contributed by atoms with Gasteiger partial charge in [-0.2, -0.15) is 0 Å². The molecule has 1 fully saturated rings. The summed E-state index contributed by atoms with van der Waals surface area (Å²) in [6.07, 6.45) is 0. The van der Waals surface area contributed by atoms with Crippen LogP contribution in [0, 0.1) is 6.92 Å². The van der Waals surface area contributed by atoms with Crippen LogP contribution >= 0.6 is 0 Å². The first-order valence-corrected chi connectivity index (χ1v) is 11.1. The van der Waals surface area contributed by atoms with E-state index in [0.29, 0.717) is 23.9 Å². The zero-order valence-corrected chi connectivity index (χ0v) is 18.8. The number of piperazine rings is 1. The molecule has 0 bridgehead atoms. The molecule has 6 heteroatoms. The van der Waals surface area contributed by atoms with Gasteiger partial charge in [-0.25, -0.2) is 0 Å². The van der Waals surface area contributed by atoms with Gasteiger partial charge < -0.3 is 14.2 Å². The summed E-state index contributed by atoms with van der Waals surface area (Å²) in [6, 6.07) is 25.6. The maximum Gasteiger partial charge on any atom is 0.254 e. The number of likely N-dealkylation sites (N-methyl/N-ethyl adjacent to an activating group) is 1.